The highest BCUT2D eigenvalue weighted by Crippen LogP contribution is 2.36. The molecule has 0 spiro atoms. The van der Waals surface area contributed by atoms with Gasteiger partial charge in [0, 0.05) is 6.54 Å². The summed E-state index contributed by atoms with van der Waals surface area (Å²) >= 11 is 0. The van der Waals surface area contributed by atoms with Crippen LogP contribution in [0.25, 0.3) is 0 Å². The number of hydrogen-bond acceptors (Lipinski definition) is 3. The fourth-order valence-electron chi connectivity index (χ4n) is 1.91. The van der Waals surface area contributed by atoms with Crippen LogP contribution in [-0.2, 0) is 10.0 Å². The third-order valence-electron chi connectivity index (χ3n) is 3.39. The highest BCUT2D eigenvalue weighted by molar-refractivity contribution is 7.89. The predicted octanol–water partition coefficient (Wildman–Crippen LogP) is 2.02. The van der Waals surface area contributed by atoms with Crippen LogP contribution in [0.2, 0.25) is 0 Å². The maximum absolute atomic E-state index is 13.1. The molecule has 1 atom stereocenters. The molecule has 0 aromatic heterocycles. The number of sulfonamides is 1. The molecule has 0 aliphatic heterocycles. The van der Waals surface area contributed by atoms with Crippen LogP contribution >= 0.6 is 0 Å². The van der Waals surface area contributed by atoms with E-state index in [-0.39, 0.29) is 10.5 Å². The third-order valence-corrected chi connectivity index (χ3v) is 4.81. The Morgan fingerprint density at radius 2 is 2.21 bits per heavy atom. The lowest BCUT2D eigenvalue weighted by Gasteiger charge is -2.12. The molecule has 0 radical (unpaired) electrons. The van der Waals surface area contributed by atoms with Crippen LogP contribution in [0, 0.1) is 29.0 Å². The second-order valence-corrected chi connectivity index (χ2v) is 6.69. The van der Waals surface area contributed by atoms with Crippen LogP contribution in [0.4, 0.5) is 4.39 Å². The zero-order valence-corrected chi connectivity index (χ0v) is 11.4. The Bertz CT molecular complexity index is 618. The number of rotatable bonds is 5. The molecule has 1 aliphatic rings. The summed E-state index contributed by atoms with van der Waals surface area (Å²) in [6.07, 6.45) is 2.30. The van der Waals surface area contributed by atoms with Crippen molar-refractivity contribution in [2.24, 2.45) is 11.8 Å². The van der Waals surface area contributed by atoms with Crippen molar-refractivity contribution in [2.75, 3.05) is 6.54 Å². The van der Waals surface area contributed by atoms with Crippen molar-refractivity contribution in [2.45, 2.75) is 24.7 Å². The Labute approximate surface area is 112 Å². The number of hydrogen-bond donors (Lipinski definition) is 1. The molecular formula is C13H15FN2O2S. The van der Waals surface area contributed by atoms with Crippen LogP contribution in [0.1, 0.15) is 25.3 Å². The number of nitriles is 1. The monoisotopic (exact) mass is 282 g/mol. The highest BCUT2D eigenvalue weighted by Gasteiger charge is 2.28. The van der Waals surface area contributed by atoms with Gasteiger partial charge in [-0.25, -0.2) is 17.5 Å². The summed E-state index contributed by atoms with van der Waals surface area (Å²) in [7, 11) is -3.68. The summed E-state index contributed by atoms with van der Waals surface area (Å²) in [4.78, 5) is -0.0755. The maximum atomic E-state index is 13.1. The van der Waals surface area contributed by atoms with E-state index in [1.165, 1.54) is 6.07 Å². The maximum Gasteiger partial charge on any atom is 0.240 e. The standard InChI is InChI=1S/C13H15FN2O2S/c1-9(10-2-3-10)8-16-19(17,18)12-4-5-13(14)11(6-12)7-15/h4-6,9-10,16H,2-3,8H2,1H3. The normalized spacial score (nSPS) is 16.9. The van der Waals surface area contributed by atoms with Gasteiger partial charge in [-0.15, -0.1) is 0 Å². The van der Waals surface area contributed by atoms with Gasteiger partial charge in [0.1, 0.15) is 11.9 Å². The van der Waals surface area contributed by atoms with Gasteiger partial charge in [-0.1, -0.05) is 6.92 Å². The smallest absolute Gasteiger partial charge is 0.211 e. The van der Waals surface area contributed by atoms with Gasteiger partial charge in [-0.3, -0.25) is 0 Å². The van der Waals surface area contributed by atoms with E-state index in [4.69, 9.17) is 5.26 Å². The molecule has 19 heavy (non-hydrogen) atoms. The highest BCUT2D eigenvalue weighted by atomic mass is 32.2. The molecule has 1 aromatic rings. The molecule has 1 aromatic carbocycles. The van der Waals surface area contributed by atoms with Crippen LogP contribution in [0.15, 0.2) is 23.1 Å². The van der Waals surface area contributed by atoms with Gasteiger partial charge in [0.15, 0.2) is 0 Å². The zero-order valence-electron chi connectivity index (χ0n) is 10.6. The quantitative estimate of drug-likeness (QED) is 0.898. The summed E-state index contributed by atoms with van der Waals surface area (Å²) < 4.78 is 39.7. The molecule has 6 heteroatoms. The van der Waals surface area contributed by atoms with Crippen molar-refractivity contribution in [3.05, 3.63) is 29.6 Å². The van der Waals surface area contributed by atoms with Gasteiger partial charge in [-0.05, 0) is 42.9 Å². The van der Waals surface area contributed by atoms with Crippen LogP contribution in [0.5, 0.6) is 0 Å². The molecule has 4 nitrogen and oxygen atoms in total. The first-order chi connectivity index (χ1) is 8.94. The predicted molar refractivity (Wildman–Crippen MR) is 68.2 cm³/mol. The van der Waals surface area contributed by atoms with Gasteiger partial charge in [-0.2, -0.15) is 5.26 Å². The van der Waals surface area contributed by atoms with E-state index >= 15 is 0 Å². The molecule has 1 unspecified atom stereocenters. The van der Waals surface area contributed by atoms with Crippen molar-refractivity contribution in [3.63, 3.8) is 0 Å². The first-order valence-electron chi connectivity index (χ1n) is 6.13. The lowest BCUT2D eigenvalue weighted by Crippen LogP contribution is -2.29. The van der Waals surface area contributed by atoms with Crippen molar-refractivity contribution in [1.82, 2.24) is 4.72 Å². The Hall–Kier alpha value is -1.45. The third kappa shape index (κ3) is 3.31. The molecule has 2 rings (SSSR count). The number of halogens is 1. The molecular weight excluding hydrogens is 267 g/mol. The van der Waals surface area contributed by atoms with E-state index in [1.54, 1.807) is 6.07 Å². The van der Waals surface area contributed by atoms with Gasteiger partial charge < -0.3 is 0 Å². The van der Waals surface area contributed by atoms with Gasteiger partial charge in [0.05, 0.1) is 10.5 Å². The molecule has 0 bridgehead atoms. The van der Waals surface area contributed by atoms with Crippen LogP contribution in [0.3, 0.4) is 0 Å². The zero-order chi connectivity index (χ0) is 14.0. The van der Waals surface area contributed by atoms with Crippen molar-refractivity contribution >= 4 is 10.0 Å². The summed E-state index contributed by atoms with van der Waals surface area (Å²) in [5, 5.41) is 8.70. The minimum Gasteiger partial charge on any atom is -0.211 e. The fourth-order valence-corrected chi connectivity index (χ4v) is 3.08. The summed E-state index contributed by atoms with van der Waals surface area (Å²) in [6, 6.07) is 4.85. The molecule has 1 N–H and O–H groups in total. The Balaban J connectivity index is 2.12. The van der Waals surface area contributed by atoms with Gasteiger partial charge in [0.25, 0.3) is 0 Å². The molecule has 0 amide bonds. The van der Waals surface area contributed by atoms with Crippen LogP contribution in [-0.4, -0.2) is 15.0 Å². The first kappa shape index (κ1) is 14.0. The van der Waals surface area contributed by atoms with Crippen molar-refractivity contribution in [3.8, 4) is 6.07 Å². The van der Waals surface area contributed by atoms with Gasteiger partial charge in [0.2, 0.25) is 10.0 Å². The van der Waals surface area contributed by atoms with Crippen molar-refractivity contribution in [1.29, 1.82) is 5.26 Å². The topological polar surface area (TPSA) is 70.0 Å². The van der Waals surface area contributed by atoms with E-state index in [0.29, 0.717) is 18.4 Å². The van der Waals surface area contributed by atoms with E-state index in [1.807, 2.05) is 6.92 Å². The SMILES string of the molecule is CC(CNS(=O)(=O)c1ccc(F)c(C#N)c1)C1CC1. The Morgan fingerprint density at radius 1 is 1.53 bits per heavy atom. The molecule has 0 heterocycles. The largest absolute Gasteiger partial charge is 0.240 e. The average Bonchev–Trinajstić information content (AvgIpc) is 3.20. The van der Waals surface area contributed by atoms with E-state index in [2.05, 4.69) is 4.72 Å². The van der Waals surface area contributed by atoms with Crippen LogP contribution < -0.4 is 4.72 Å². The number of nitrogens with zero attached hydrogens (tertiary/aromatic N) is 1. The van der Waals surface area contributed by atoms with Gasteiger partial charge >= 0.3 is 0 Å². The fraction of sp³-hybridized carbons (Fsp3) is 0.462. The lowest BCUT2D eigenvalue weighted by molar-refractivity contribution is 0.491. The summed E-state index contributed by atoms with van der Waals surface area (Å²) in [6.45, 7) is 2.37. The van der Waals surface area contributed by atoms with E-state index in [9.17, 15) is 12.8 Å². The minimum atomic E-state index is -3.68. The molecule has 1 fully saturated rings. The molecule has 102 valence electrons. The molecule has 1 saturated carbocycles. The van der Waals surface area contributed by atoms with Crippen molar-refractivity contribution < 1.29 is 12.8 Å². The lowest BCUT2D eigenvalue weighted by atomic mass is 10.1. The Morgan fingerprint density at radius 3 is 2.79 bits per heavy atom. The Kier molecular flexibility index (Phi) is 3.88. The summed E-state index contributed by atoms with van der Waals surface area (Å²) in [5.41, 5.74) is -0.266. The molecule has 0 saturated heterocycles. The molecule has 1 aliphatic carbocycles. The summed E-state index contributed by atoms with van der Waals surface area (Å²) in [5.74, 6) is 0.184. The van der Waals surface area contributed by atoms with E-state index in [0.717, 1.165) is 25.0 Å². The first-order valence-corrected chi connectivity index (χ1v) is 7.61. The van der Waals surface area contributed by atoms with E-state index < -0.39 is 15.8 Å². The average molecular weight is 282 g/mol. The second-order valence-electron chi connectivity index (χ2n) is 4.92. The number of nitrogens with one attached hydrogen (secondary N) is 1. The number of benzene rings is 1. The second kappa shape index (κ2) is 5.27. The minimum absolute atomic E-state index is 0.0755.